The molecule has 0 radical (unpaired) electrons. The van der Waals surface area contributed by atoms with Crippen LogP contribution in [0.2, 0.25) is 0 Å². The smallest absolute Gasteiger partial charge is 0.309 e. The number of fused-ring (bicyclic) bond motifs is 2. The minimum Gasteiger partial charge on any atom is -0.748 e. The number of ether oxygens (including phenoxy) is 1. The number of carbonyl (C=O) groups excluding carboxylic acids is 1. The van der Waals surface area contributed by atoms with Crippen LogP contribution in [0.15, 0.2) is 0 Å². The van der Waals surface area contributed by atoms with Crippen molar-refractivity contribution in [3.8, 4) is 0 Å². The summed E-state index contributed by atoms with van der Waals surface area (Å²) in [5.41, 5.74) is 0. The van der Waals surface area contributed by atoms with Crippen LogP contribution in [-0.2, 0) is 19.6 Å². The minimum absolute atomic E-state index is 0.0620. The van der Waals surface area contributed by atoms with Gasteiger partial charge in [0.1, 0.15) is 0 Å². The van der Waals surface area contributed by atoms with E-state index in [0.29, 0.717) is 18.3 Å². The number of carbonyl (C=O) groups is 1. The average molecular weight is 275 g/mol. The molecule has 0 spiro atoms. The van der Waals surface area contributed by atoms with E-state index in [1.807, 2.05) is 0 Å². The lowest BCUT2D eigenvalue weighted by Gasteiger charge is -2.19. The summed E-state index contributed by atoms with van der Waals surface area (Å²) in [7, 11) is -4.14. The predicted molar refractivity (Wildman–Crippen MR) is 63.7 cm³/mol. The molecule has 104 valence electrons. The highest BCUT2D eigenvalue weighted by Crippen LogP contribution is 2.48. The van der Waals surface area contributed by atoms with Crippen molar-refractivity contribution in [2.24, 2.45) is 17.8 Å². The van der Waals surface area contributed by atoms with Crippen LogP contribution >= 0.6 is 0 Å². The van der Waals surface area contributed by atoms with Crippen molar-refractivity contribution in [3.05, 3.63) is 0 Å². The SMILES string of the molecule is O=C(OCCCCS(=O)(=O)[O-])C1CC2CCC1C2. The monoisotopic (exact) mass is 275 g/mol. The van der Waals surface area contributed by atoms with Gasteiger partial charge in [0.15, 0.2) is 0 Å². The highest BCUT2D eigenvalue weighted by molar-refractivity contribution is 7.85. The molecule has 3 unspecified atom stereocenters. The van der Waals surface area contributed by atoms with E-state index >= 15 is 0 Å². The summed E-state index contributed by atoms with van der Waals surface area (Å²) in [6.45, 7) is 0.224. The molecule has 2 fully saturated rings. The van der Waals surface area contributed by atoms with Crippen LogP contribution in [0.3, 0.4) is 0 Å². The van der Waals surface area contributed by atoms with E-state index in [2.05, 4.69) is 0 Å². The third-order valence-electron chi connectivity index (χ3n) is 4.07. The van der Waals surface area contributed by atoms with Gasteiger partial charge in [0.05, 0.1) is 22.6 Å². The van der Waals surface area contributed by atoms with E-state index < -0.39 is 10.1 Å². The fraction of sp³-hybridized carbons (Fsp3) is 0.917. The maximum atomic E-state index is 11.8. The molecule has 0 aliphatic heterocycles. The predicted octanol–water partition coefficient (Wildman–Crippen LogP) is 1.29. The number of esters is 1. The normalized spacial score (nSPS) is 30.6. The highest BCUT2D eigenvalue weighted by Gasteiger charge is 2.43. The molecule has 2 aliphatic rings. The first-order valence-electron chi connectivity index (χ1n) is 6.56. The van der Waals surface area contributed by atoms with Crippen molar-refractivity contribution in [2.45, 2.75) is 38.5 Å². The van der Waals surface area contributed by atoms with Crippen LogP contribution in [0, 0.1) is 17.8 Å². The molecule has 0 saturated heterocycles. The van der Waals surface area contributed by atoms with E-state index in [9.17, 15) is 17.8 Å². The molecule has 2 aliphatic carbocycles. The third-order valence-corrected chi connectivity index (χ3v) is 4.86. The van der Waals surface area contributed by atoms with Crippen molar-refractivity contribution in [1.29, 1.82) is 0 Å². The van der Waals surface area contributed by atoms with Gasteiger partial charge in [0.25, 0.3) is 0 Å². The maximum absolute atomic E-state index is 11.8. The number of hydrogen-bond acceptors (Lipinski definition) is 5. The second-order valence-corrected chi connectivity index (χ2v) is 6.94. The molecular weight excluding hydrogens is 256 g/mol. The molecule has 18 heavy (non-hydrogen) atoms. The summed E-state index contributed by atoms with van der Waals surface area (Å²) < 4.78 is 36.2. The number of unbranched alkanes of at least 4 members (excludes halogenated alkanes) is 1. The number of hydrogen-bond donors (Lipinski definition) is 0. The van der Waals surface area contributed by atoms with Crippen molar-refractivity contribution < 1.29 is 22.5 Å². The van der Waals surface area contributed by atoms with Gasteiger partial charge in [0, 0.05) is 5.75 Å². The summed E-state index contributed by atoms with van der Waals surface area (Å²) >= 11 is 0. The van der Waals surface area contributed by atoms with E-state index in [1.165, 1.54) is 6.42 Å². The zero-order valence-corrected chi connectivity index (χ0v) is 11.2. The largest absolute Gasteiger partial charge is 0.748 e. The van der Waals surface area contributed by atoms with Crippen molar-refractivity contribution in [1.82, 2.24) is 0 Å². The van der Waals surface area contributed by atoms with Gasteiger partial charge in [-0.25, -0.2) is 8.42 Å². The van der Waals surface area contributed by atoms with E-state index in [1.54, 1.807) is 0 Å². The fourth-order valence-corrected chi connectivity index (χ4v) is 3.75. The van der Waals surface area contributed by atoms with Crippen LogP contribution in [-0.4, -0.2) is 31.3 Å². The van der Waals surface area contributed by atoms with E-state index in [4.69, 9.17) is 4.74 Å². The van der Waals surface area contributed by atoms with E-state index in [0.717, 1.165) is 19.3 Å². The molecule has 3 atom stereocenters. The Labute approximate surface area is 108 Å². The molecular formula is C12H19O5S-. The van der Waals surface area contributed by atoms with Gasteiger partial charge in [-0.1, -0.05) is 6.42 Å². The summed E-state index contributed by atoms with van der Waals surface area (Å²) in [4.78, 5) is 11.8. The molecule has 2 saturated carbocycles. The van der Waals surface area contributed by atoms with Crippen molar-refractivity contribution >= 4 is 16.1 Å². The lowest BCUT2D eigenvalue weighted by Crippen LogP contribution is -2.23. The molecule has 2 bridgehead atoms. The van der Waals surface area contributed by atoms with Crippen LogP contribution in [0.4, 0.5) is 0 Å². The Balaban J connectivity index is 1.61. The molecule has 0 N–H and O–H groups in total. The van der Waals surface area contributed by atoms with Gasteiger partial charge in [0.2, 0.25) is 0 Å². The Morgan fingerprint density at radius 3 is 2.56 bits per heavy atom. The summed E-state index contributed by atoms with van der Waals surface area (Å²) in [5.74, 6) is 0.764. The summed E-state index contributed by atoms with van der Waals surface area (Å²) in [6.07, 6.45) is 5.20. The lowest BCUT2D eigenvalue weighted by atomic mass is 9.89. The molecule has 0 aromatic heterocycles. The molecule has 0 aromatic rings. The Morgan fingerprint density at radius 1 is 1.22 bits per heavy atom. The zero-order chi connectivity index (χ0) is 13.2. The van der Waals surface area contributed by atoms with Crippen molar-refractivity contribution in [2.75, 3.05) is 12.4 Å². The summed E-state index contributed by atoms with van der Waals surface area (Å²) in [5, 5.41) is 0. The quantitative estimate of drug-likeness (QED) is 0.414. The fourth-order valence-electron chi connectivity index (χ4n) is 3.19. The second kappa shape index (κ2) is 5.57. The minimum atomic E-state index is -4.14. The first-order chi connectivity index (χ1) is 8.46. The second-order valence-electron chi connectivity index (χ2n) is 5.42. The van der Waals surface area contributed by atoms with Crippen molar-refractivity contribution in [3.63, 3.8) is 0 Å². The van der Waals surface area contributed by atoms with Gasteiger partial charge >= 0.3 is 5.97 Å². The van der Waals surface area contributed by atoms with Gasteiger partial charge in [-0.3, -0.25) is 4.79 Å². The molecule has 5 nitrogen and oxygen atoms in total. The molecule has 2 rings (SSSR count). The zero-order valence-electron chi connectivity index (χ0n) is 10.3. The summed E-state index contributed by atoms with van der Waals surface area (Å²) in [6, 6.07) is 0. The maximum Gasteiger partial charge on any atom is 0.309 e. The van der Waals surface area contributed by atoms with Crippen LogP contribution in [0.5, 0.6) is 0 Å². The van der Waals surface area contributed by atoms with Gasteiger partial charge in [-0.2, -0.15) is 0 Å². The van der Waals surface area contributed by atoms with Crippen LogP contribution in [0.25, 0.3) is 0 Å². The average Bonchev–Trinajstić information content (AvgIpc) is 2.88. The molecule has 0 heterocycles. The topological polar surface area (TPSA) is 83.5 Å². The van der Waals surface area contributed by atoms with Gasteiger partial charge in [-0.05, 0) is 43.9 Å². The Hall–Kier alpha value is -0.620. The molecule has 0 aromatic carbocycles. The van der Waals surface area contributed by atoms with Crippen LogP contribution < -0.4 is 0 Å². The highest BCUT2D eigenvalue weighted by atomic mass is 32.2. The first-order valence-corrected chi connectivity index (χ1v) is 8.13. The van der Waals surface area contributed by atoms with E-state index in [-0.39, 0.29) is 30.7 Å². The standard InChI is InChI=1S/C12H20O5S/c13-12(11-8-9-3-4-10(11)7-9)17-5-1-2-6-18(14,15)16/h9-11H,1-8H2,(H,14,15,16)/p-1. The van der Waals surface area contributed by atoms with Crippen LogP contribution in [0.1, 0.15) is 38.5 Å². The van der Waals surface area contributed by atoms with Gasteiger partial charge < -0.3 is 9.29 Å². The first kappa shape index (κ1) is 13.8. The lowest BCUT2D eigenvalue weighted by molar-refractivity contribution is -0.150. The number of rotatable bonds is 6. The Morgan fingerprint density at radius 2 is 2.00 bits per heavy atom. The third kappa shape index (κ3) is 3.68. The molecule has 6 heteroatoms. The molecule has 0 amide bonds. The Kier molecular flexibility index (Phi) is 4.27. The van der Waals surface area contributed by atoms with Gasteiger partial charge in [-0.15, -0.1) is 0 Å². The Bertz CT molecular complexity index is 403.